The van der Waals surface area contributed by atoms with Gasteiger partial charge in [0.05, 0.1) is 12.6 Å². The van der Waals surface area contributed by atoms with E-state index in [2.05, 4.69) is 70.3 Å². The molecule has 2 aromatic carbocycles. The number of rotatable bonds is 6. The van der Waals surface area contributed by atoms with E-state index in [1.54, 1.807) is 0 Å². The number of hydrogen-bond donors (Lipinski definition) is 2. The number of hydrogen-bond acceptors (Lipinski definition) is 2. The molecule has 156 valence electrons. The zero-order valence-electron chi connectivity index (χ0n) is 18.3. The smallest absolute Gasteiger partial charge is 0.405 e. The molecular weight excluding hydrogens is 362 g/mol. The second-order valence-electron chi connectivity index (χ2n) is 8.93. The van der Waals surface area contributed by atoms with Gasteiger partial charge < -0.3 is 15.2 Å². The Balaban J connectivity index is 1.93. The van der Waals surface area contributed by atoms with Gasteiger partial charge in [-0.25, -0.2) is 4.79 Å². The van der Waals surface area contributed by atoms with Crippen molar-refractivity contribution >= 4 is 6.09 Å². The Morgan fingerprint density at radius 1 is 1.17 bits per heavy atom. The van der Waals surface area contributed by atoms with Crippen molar-refractivity contribution in [1.82, 2.24) is 5.32 Å². The number of amides is 1. The van der Waals surface area contributed by atoms with E-state index >= 15 is 0 Å². The highest BCUT2D eigenvalue weighted by atomic mass is 16.5. The van der Waals surface area contributed by atoms with Crippen LogP contribution in [0.5, 0.6) is 5.75 Å². The van der Waals surface area contributed by atoms with Crippen LogP contribution in [0.3, 0.4) is 0 Å². The van der Waals surface area contributed by atoms with Gasteiger partial charge in [-0.15, -0.1) is 0 Å². The second-order valence-corrected chi connectivity index (χ2v) is 8.93. The van der Waals surface area contributed by atoms with Crippen LogP contribution in [0.1, 0.15) is 68.3 Å². The van der Waals surface area contributed by atoms with Crippen LogP contribution in [0.15, 0.2) is 30.3 Å². The maximum Gasteiger partial charge on any atom is 0.405 e. The van der Waals surface area contributed by atoms with Gasteiger partial charge in [0.15, 0.2) is 0 Å². The normalized spacial score (nSPS) is 17.5. The fourth-order valence-corrected chi connectivity index (χ4v) is 4.37. The molecule has 3 rings (SSSR count). The molecule has 2 aromatic rings. The van der Waals surface area contributed by atoms with Crippen molar-refractivity contribution in [3.8, 4) is 16.9 Å². The average molecular weight is 396 g/mol. The van der Waals surface area contributed by atoms with Gasteiger partial charge >= 0.3 is 6.09 Å². The lowest BCUT2D eigenvalue weighted by Crippen LogP contribution is -2.40. The Bertz CT molecular complexity index is 878. The molecule has 0 radical (unpaired) electrons. The lowest BCUT2D eigenvalue weighted by Gasteiger charge is -2.40. The van der Waals surface area contributed by atoms with Crippen LogP contribution >= 0.6 is 0 Å². The van der Waals surface area contributed by atoms with Gasteiger partial charge in [-0.05, 0) is 84.0 Å². The molecule has 29 heavy (non-hydrogen) atoms. The number of aryl methyl sites for hydroxylation is 3. The molecular formula is C25H33NO3. The van der Waals surface area contributed by atoms with Crippen LogP contribution in [-0.4, -0.2) is 17.8 Å². The molecule has 1 atom stereocenters. The molecule has 1 amide bonds. The van der Waals surface area contributed by atoms with Crippen LogP contribution in [0, 0.1) is 19.3 Å². The first-order valence-corrected chi connectivity index (χ1v) is 10.6. The number of benzene rings is 2. The standard InChI is InChI=1S/C25H33NO3/c1-6-7-12-29-22-16(2)13-20(14-17(22)3)18-8-9-21-19(15-18)10-11-25(4,5)23(21)26-24(27)28/h8-9,13-15,23,26H,6-7,10-12H2,1-5H3,(H,27,28)/t23-/m1/s1. The minimum atomic E-state index is -0.968. The van der Waals surface area contributed by atoms with Gasteiger partial charge in [0, 0.05) is 0 Å². The Hall–Kier alpha value is -2.49. The van der Waals surface area contributed by atoms with Crippen molar-refractivity contribution in [2.75, 3.05) is 6.61 Å². The van der Waals surface area contributed by atoms with Gasteiger partial charge in [0.25, 0.3) is 0 Å². The first-order valence-electron chi connectivity index (χ1n) is 10.6. The molecule has 0 saturated heterocycles. The Morgan fingerprint density at radius 2 is 1.86 bits per heavy atom. The van der Waals surface area contributed by atoms with Crippen molar-refractivity contribution in [1.29, 1.82) is 0 Å². The minimum absolute atomic E-state index is 0.0996. The highest BCUT2D eigenvalue weighted by Crippen LogP contribution is 2.44. The zero-order chi connectivity index (χ0) is 21.2. The van der Waals surface area contributed by atoms with Crippen molar-refractivity contribution < 1.29 is 14.6 Å². The molecule has 0 bridgehead atoms. The van der Waals surface area contributed by atoms with Gasteiger partial charge in [-0.2, -0.15) is 0 Å². The molecule has 0 saturated carbocycles. The fraction of sp³-hybridized carbons (Fsp3) is 0.480. The zero-order valence-corrected chi connectivity index (χ0v) is 18.3. The van der Waals surface area contributed by atoms with Crippen molar-refractivity contribution in [3.05, 3.63) is 52.6 Å². The first kappa shape index (κ1) is 21.2. The van der Waals surface area contributed by atoms with Crippen LogP contribution in [-0.2, 0) is 6.42 Å². The maximum atomic E-state index is 11.3. The van der Waals surface area contributed by atoms with E-state index in [4.69, 9.17) is 4.74 Å². The third kappa shape index (κ3) is 4.58. The Morgan fingerprint density at radius 3 is 2.48 bits per heavy atom. The largest absolute Gasteiger partial charge is 0.493 e. The highest BCUT2D eigenvalue weighted by Gasteiger charge is 2.37. The van der Waals surface area contributed by atoms with E-state index in [0.717, 1.165) is 54.7 Å². The topological polar surface area (TPSA) is 58.6 Å². The molecule has 0 fully saturated rings. The van der Waals surface area contributed by atoms with Gasteiger partial charge in [0.2, 0.25) is 0 Å². The lowest BCUT2D eigenvalue weighted by molar-refractivity contribution is 0.161. The summed E-state index contributed by atoms with van der Waals surface area (Å²) in [5, 5.41) is 12.0. The molecule has 0 aliphatic heterocycles. The van der Waals surface area contributed by atoms with Crippen LogP contribution in [0.4, 0.5) is 4.79 Å². The minimum Gasteiger partial charge on any atom is -0.493 e. The van der Waals surface area contributed by atoms with Crippen LogP contribution < -0.4 is 10.1 Å². The maximum absolute atomic E-state index is 11.3. The number of carbonyl (C=O) groups is 1. The quantitative estimate of drug-likeness (QED) is 0.554. The third-order valence-corrected chi connectivity index (χ3v) is 6.08. The predicted octanol–water partition coefficient (Wildman–Crippen LogP) is 6.43. The average Bonchev–Trinajstić information content (AvgIpc) is 2.65. The molecule has 4 nitrogen and oxygen atoms in total. The van der Waals surface area contributed by atoms with Gasteiger partial charge in [-0.1, -0.05) is 45.4 Å². The monoisotopic (exact) mass is 395 g/mol. The summed E-state index contributed by atoms with van der Waals surface area (Å²) in [6.45, 7) is 11.4. The molecule has 1 aliphatic rings. The first-order chi connectivity index (χ1) is 13.7. The summed E-state index contributed by atoms with van der Waals surface area (Å²) in [6, 6.07) is 10.6. The third-order valence-electron chi connectivity index (χ3n) is 6.08. The number of nitrogens with one attached hydrogen (secondary N) is 1. The van der Waals surface area contributed by atoms with Crippen molar-refractivity contribution in [3.63, 3.8) is 0 Å². The summed E-state index contributed by atoms with van der Waals surface area (Å²) in [7, 11) is 0. The van der Waals surface area contributed by atoms with Gasteiger partial charge in [0.1, 0.15) is 5.75 Å². The Labute approximate surface area is 174 Å². The fourth-order valence-electron chi connectivity index (χ4n) is 4.37. The SMILES string of the molecule is CCCCOc1c(C)cc(-c2ccc3c(c2)CCC(C)(C)[C@@H]3NC(=O)O)cc1C. The summed E-state index contributed by atoms with van der Waals surface area (Å²) >= 11 is 0. The lowest BCUT2D eigenvalue weighted by atomic mass is 9.70. The van der Waals surface area contributed by atoms with E-state index in [-0.39, 0.29) is 11.5 Å². The van der Waals surface area contributed by atoms with E-state index in [0.29, 0.717) is 0 Å². The number of unbranched alkanes of at least 4 members (excludes halogenated alkanes) is 1. The summed E-state index contributed by atoms with van der Waals surface area (Å²) in [4.78, 5) is 11.3. The van der Waals surface area contributed by atoms with Crippen LogP contribution in [0.2, 0.25) is 0 Å². The number of fused-ring (bicyclic) bond motifs is 1. The summed E-state index contributed by atoms with van der Waals surface area (Å²) in [5.74, 6) is 0.993. The van der Waals surface area contributed by atoms with E-state index in [9.17, 15) is 9.90 Å². The van der Waals surface area contributed by atoms with E-state index in [1.807, 2.05) is 0 Å². The molecule has 0 spiro atoms. The van der Waals surface area contributed by atoms with Crippen molar-refractivity contribution in [2.24, 2.45) is 5.41 Å². The molecule has 1 aliphatic carbocycles. The van der Waals surface area contributed by atoms with Gasteiger partial charge in [-0.3, -0.25) is 0 Å². The van der Waals surface area contributed by atoms with E-state index in [1.165, 1.54) is 16.7 Å². The molecule has 0 heterocycles. The number of carboxylic acid groups (broad SMARTS) is 1. The highest BCUT2D eigenvalue weighted by molar-refractivity contribution is 5.70. The van der Waals surface area contributed by atoms with Crippen LogP contribution in [0.25, 0.3) is 11.1 Å². The molecule has 0 unspecified atom stereocenters. The van der Waals surface area contributed by atoms with Crippen molar-refractivity contribution in [2.45, 2.75) is 66.3 Å². The summed E-state index contributed by atoms with van der Waals surface area (Å²) < 4.78 is 6.00. The predicted molar refractivity (Wildman–Crippen MR) is 118 cm³/mol. The molecule has 4 heteroatoms. The summed E-state index contributed by atoms with van der Waals surface area (Å²) in [6.07, 6.45) is 3.14. The van der Waals surface area contributed by atoms with E-state index < -0.39 is 6.09 Å². The summed E-state index contributed by atoms with van der Waals surface area (Å²) in [5.41, 5.74) is 6.89. The molecule has 0 aromatic heterocycles. The Kier molecular flexibility index (Phi) is 6.21. The number of ether oxygens (including phenoxy) is 1. The second kappa shape index (κ2) is 8.48. The molecule has 2 N–H and O–H groups in total.